The predicted octanol–water partition coefficient (Wildman–Crippen LogP) is 5.97. The van der Waals surface area contributed by atoms with Crippen molar-refractivity contribution in [1.82, 2.24) is 9.47 Å². The minimum atomic E-state index is -4.69. The lowest BCUT2D eigenvalue weighted by Gasteiger charge is -2.28. The summed E-state index contributed by atoms with van der Waals surface area (Å²) in [5.74, 6) is -2.03. The van der Waals surface area contributed by atoms with Crippen molar-refractivity contribution >= 4 is 33.4 Å². The number of aromatic nitrogens is 1. The van der Waals surface area contributed by atoms with Crippen LogP contribution in [0.15, 0.2) is 77.8 Å². The van der Waals surface area contributed by atoms with Gasteiger partial charge in [-0.25, -0.2) is 8.78 Å². The monoisotopic (exact) mass is 532 g/mol. The van der Waals surface area contributed by atoms with Crippen LogP contribution < -0.4 is 4.18 Å². The minimum Gasteiger partial charge on any atom is -0.379 e. The molecule has 5 rings (SSSR count). The Morgan fingerprint density at radius 1 is 0.944 bits per heavy atom. The smallest absolute Gasteiger partial charge is 0.345 e. The molecule has 1 aliphatic heterocycles. The number of benzene rings is 3. The van der Waals surface area contributed by atoms with Gasteiger partial charge in [0.1, 0.15) is 17.4 Å². The van der Waals surface area contributed by atoms with Crippen LogP contribution in [0.25, 0.3) is 10.9 Å². The van der Waals surface area contributed by atoms with Gasteiger partial charge < -0.3 is 13.7 Å². The second-order valence-electron chi connectivity index (χ2n) is 9.04. The summed E-state index contributed by atoms with van der Waals surface area (Å²) in [6.07, 6.45) is 4.12. The highest BCUT2D eigenvalue weighted by molar-refractivity contribution is 7.87. The van der Waals surface area contributed by atoms with Crippen LogP contribution in [0, 0.1) is 11.6 Å². The molecule has 0 bridgehead atoms. The van der Waals surface area contributed by atoms with Crippen molar-refractivity contribution in [3.05, 3.63) is 95.7 Å². The molecule has 1 saturated heterocycles. The van der Waals surface area contributed by atoms with Crippen LogP contribution in [0.3, 0.4) is 0 Å². The maximum atomic E-state index is 14.1. The Hall–Kier alpha value is -2.94. The second kappa shape index (κ2) is 10.6. The maximum Gasteiger partial charge on any atom is 0.345 e. The van der Waals surface area contributed by atoms with Crippen molar-refractivity contribution < 1.29 is 21.4 Å². The number of nitrogens with zero attached hydrogens (tertiary/aromatic N) is 2. The van der Waals surface area contributed by atoms with E-state index in [-0.39, 0.29) is 18.2 Å². The molecule has 0 radical (unpaired) electrons. The standard InChI is InChI=1S/C27H26F2N2O3S.ClH/c1-30-14-12-20(13-15-30)23-18-31(17-19-6-3-2-4-7-19)26-11-10-21(16-22(23)26)34-35(32,33)27-24(28)8-5-9-25(27)29;/h2-11,16,18,20H,12-15,17H2,1H3;1H. The first-order valence-electron chi connectivity index (χ1n) is 11.6. The van der Waals surface area contributed by atoms with Gasteiger partial charge >= 0.3 is 10.1 Å². The average Bonchev–Trinajstić information content (AvgIpc) is 3.17. The van der Waals surface area contributed by atoms with Crippen molar-refractivity contribution in [3.8, 4) is 5.75 Å². The van der Waals surface area contributed by atoms with E-state index in [2.05, 4.69) is 34.8 Å². The first-order chi connectivity index (χ1) is 16.8. The van der Waals surface area contributed by atoms with Crippen LogP contribution >= 0.6 is 12.4 Å². The van der Waals surface area contributed by atoms with Crippen LogP contribution in [0.1, 0.15) is 29.9 Å². The molecule has 4 aromatic rings. The first kappa shape index (κ1) is 26.1. The number of rotatable bonds is 6. The van der Waals surface area contributed by atoms with Gasteiger partial charge in [0.05, 0.1) is 0 Å². The van der Waals surface area contributed by atoms with Gasteiger partial charge in [-0.1, -0.05) is 36.4 Å². The Morgan fingerprint density at radius 3 is 2.28 bits per heavy atom. The van der Waals surface area contributed by atoms with Gasteiger partial charge in [0, 0.05) is 23.6 Å². The van der Waals surface area contributed by atoms with Crippen LogP contribution in [-0.2, 0) is 16.7 Å². The summed E-state index contributed by atoms with van der Waals surface area (Å²) in [6.45, 7) is 2.63. The predicted molar refractivity (Wildman–Crippen MR) is 138 cm³/mol. The molecule has 2 heterocycles. The highest BCUT2D eigenvalue weighted by Gasteiger charge is 2.27. The Morgan fingerprint density at radius 2 is 1.61 bits per heavy atom. The SMILES string of the molecule is CN1CCC(c2cn(Cc3ccccc3)c3ccc(OS(=O)(=O)c4c(F)cccc4F)cc23)CC1.Cl. The van der Waals surface area contributed by atoms with Gasteiger partial charge in [0.25, 0.3) is 0 Å². The van der Waals surface area contributed by atoms with Gasteiger partial charge in [0.2, 0.25) is 0 Å². The topological polar surface area (TPSA) is 51.5 Å². The summed E-state index contributed by atoms with van der Waals surface area (Å²) in [4.78, 5) is 1.21. The molecule has 1 aliphatic rings. The molecule has 0 atom stereocenters. The first-order valence-corrected chi connectivity index (χ1v) is 13.0. The van der Waals surface area contributed by atoms with E-state index in [4.69, 9.17) is 4.18 Å². The number of fused-ring (bicyclic) bond motifs is 1. The van der Waals surface area contributed by atoms with E-state index >= 15 is 0 Å². The zero-order valence-corrected chi connectivity index (χ0v) is 21.4. The van der Waals surface area contributed by atoms with Crippen LogP contribution in [0.2, 0.25) is 0 Å². The van der Waals surface area contributed by atoms with Gasteiger partial charge in [-0.15, -0.1) is 12.4 Å². The largest absolute Gasteiger partial charge is 0.379 e. The zero-order chi connectivity index (χ0) is 24.6. The van der Waals surface area contributed by atoms with Crippen LogP contribution in [-0.4, -0.2) is 38.0 Å². The third-order valence-electron chi connectivity index (χ3n) is 6.61. The van der Waals surface area contributed by atoms with Crippen molar-refractivity contribution in [2.75, 3.05) is 20.1 Å². The molecule has 1 aromatic heterocycles. The van der Waals surface area contributed by atoms with Crippen LogP contribution in [0.5, 0.6) is 5.75 Å². The van der Waals surface area contributed by atoms with E-state index in [9.17, 15) is 17.2 Å². The summed E-state index contributed by atoms with van der Waals surface area (Å²) in [7, 11) is -2.59. The molecule has 5 nitrogen and oxygen atoms in total. The second-order valence-corrected chi connectivity index (χ2v) is 10.5. The molecule has 9 heteroatoms. The lowest BCUT2D eigenvalue weighted by molar-refractivity contribution is 0.256. The van der Waals surface area contributed by atoms with Crippen LogP contribution in [0.4, 0.5) is 8.78 Å². The van der Waals surface area contributed by atoms with E-state index in [1.807, 2.05) is 18.2 Å². The Balaban J connectivity index is 0.00000304. The van der Waals surface area contributed by atoms with Gasteiger partial charge in [-0.2, -0.15) is 8.42 Å². The van der Waals surface area contributed by atoms with E-state index in [1.54, 1.807) is 12.1 Å². The van der Waals surface area contributed by atoms with Crippen molar-refractivity contribution in [2.24, 2.45) is 0 Å². The highest BCUT2D eigenvalue weighted by atomic mass is 35.5. The quantitative estimate of drug-likeness (QED) is 0.287. The third kappa shape index (κ3) is 5.26. The molecule has 0 amide bonds. The number of hydrogen-bond acceptors (Lipinski definition) is 4. The summed E-state index contributed by atoms with van der Waals surface area (Å²) in [6, 6.07) is 18.0. The third-order valence-corrected chi connectivity index (χ3v) is 7.91. The highest BCUT2D eigenvalue weighted by Crippen LogP contribution is 2.37. The van der Waals surface area contributed by atoms with E-state index in [1.165, 1.54) is 6.07 Å². The number of hydrogen-bond donors (Lipinski definition) is 0. The molecule has 0 saturated carbocycles. The van der Waals surface area contributed by atoms with E-state index in [0.29, 0.717) is 12.5 Å². The maximum absolute atomic E-state index is 14.1. The van der Waals surface area contributed by atoms with E-state index in [0.717, 1.165) is 66.2 Å². The zero-order valence-electron chi connectivity index (χ0n) is 19.7. The summed E-state index contributed by atoms with van der Waals surface area (Å²) in [5.41, 5.74) is 3.23. The lowest BCUT2D eigenvalue weighted by Crippen LogP contribution is -2.29. The molecular weight excluding hydrogens is 506 g/mol. The van der Waals surface area contributed by atoms with E-state index < -0.39 is 26.6 Å². The summed E-state index contributed by atoms with van der Waals surface area (Å²) in [5, 5.41) is 0.886. The van der Waals surface area contributed by atoms with Crippen molar-refractivity contribution in [1.29, 1.82) is 0 Å². The van der Waals surface area contributed by atoms with Gasteiger partial charge in [-0.05, 0) is 80.4 Å². The fraction of sp³-hybridized carbons (Fsp3) is 0.259. The summed E-state index contributed by atoms with van der Waals surface area (Å²) < 4.78 is 61.1. The Bertz CT molecular complexity index is 1450. The van der Waals surface area contributed by atoms with Crippen molar-refractivity contribution in [3.63, 3.8) is 0 Å². The molecule has 190 valence electrons. The fourth-order valence-electron chi connectivity index (χ4n) is 4.80. The summed E-state index contributed by atoms with van der Waals surface area (Å²) >= 11 is 0. The van der Waals surface area contributed by atoms with Gasteiger partial charge in [0.15, 0.2) is 4.90 Å². The number of likely N-dealkylation sites (tertiary alicyclic amines) is 1. The fourth-order valence-corrected chi connectivity index (χ4v) is 5.86. The average molecular weight is 533 g/mol. The molecule has 0 unspecified atom stereocenters. The molecule has 0 aliphatic carbocycles. The molecule has 36 heavy (non-hydrogen) atoms. The van der Waals surface area contributed by atoms with Gasteiger partial charge in [-0.3, -0.25) is 0 Å². The minimum absolute atomic E-state index is 0. The molecule has 0 spiro atoms. The molecular formula is C27H27ClF2N2O3S. The lowest BCUT2D eigenvalue weighted by atomic mass is 9.89. The Kier molecular flexibility index (Phi) is 7.68. The number of halogens is 3. The normalized spacial score (nSPS) is 15.1. The molecule has 3 aromatic carbocycles. The van der Waals surface area contributed by atoms with Crippen molar-refractivity contribution in [2.45, 2.75) is 30.2 Å². The molecule has 1 fully saturated rings. The number of piperidine rings is 1. The Labute approximate surface area is 215 Å². The molecule has 0 N–H and O–H groups in total.